The third kappa shape index (κ3) is 2.76. The van der Waals surface area contributed by atoms with Crippen LogP contribution >= 0.6 is 0 Å². The molecule has 23 heavy (non-hydrogen) atoms. The number of para-hydroxylation sites is 1. The summed E-state index contributed by atoms with van der Waals surface area (Å²) in [6.07, 6.45) is 0.193. The zero-order valence-electron chi connectivity index (χ0n) is 12.4. The molecule has 0 spiro atoms. The molecule has 0 atom stereocenters. The van der Waals surface area contributed by atoms with E-state index in [9.17, 15) is 14.7 Å². The first-order valence-corrected chi connectivity index (χ1v) is 6.96. The molecule has 0 saturated heterocycles. The number of rotatable bonds is 4. The number of carbonyl (C=O) groups is 2. The summed E-state index contributed by atoms with van der Waals surface area (Å²) in [6.45, 7) is 1.91. The topological polar surface area (TPSA) is 97.1 Å². The van der Waals surface area contributed by atoms with Gasteiger partial charge in [-0.25, -0.2) is 4.68 Å². The Morgan fingerprint density at radius 1 is 1.35 bits per heavy atom. The number of amides is 1. The monoisotopic (exact) mass is 310 g/mol. The van der Waals surface area contributed by atoms with Gasteiger partial charge in [0.1, 0.15) is 17.0 Å². The summed E-state index contributed by atoms with van der Waals surface area (Å²) in [6, 6.07) is 10.9. The highest BCUT2D eigenvalue weighted by molar-refractivity contribution is 6.23. The first-order valence-electron chi connectivity index (χ1n) is 6.96. The number of hydrogen-bond donors (Lipinski definition) is 2. The molecule has 2 N–H and O–H groups in total. The molecule has 0 fully saturated rings. The van der Waals surface area contributed by atoms with Crippen molar-refractivity contribution < 1.29 is 14.7 Å². The van der Waals surface area contributed by atoms with Gasteiger partial charge in [-0.1, -0.05) is 23.4 Å². The molecular formula is C16H14N4O3. The van der Waals surface area contributed by atoms with Crippen molar-refractivity contribution in [1.82, 2.24) is 20.3 Å². The van der Waals surface area contributed by atoms with Crippen LogP contribution in [0.4, 0.5) is 0 Å². The summed E-state index contributed by atoms with van der Waals surface area (Å²) < 4.78 is 1.54. The smallest absolute Gasteiger partial charge is 0.284 e. The van der Waals surface area contributed by atoms with Gasteiger partial charge in [0.15, 0.2) is 0 Å². The van der Waals surface area contributed by atoms with Crippen LogP contribution < -0.4 is 5.32 Å². The molecule has 0 bridgehead atoms. The maximum atomic E-state index is 11.1. The molecule has 3 rings (SSSR count). The van der Waals surface area contributed by atoms with E-state index in [-0.39, 0.29) is 18.6 Å². The maximum Gasteiger partial charge on any atom is 0.284 e. The predicted molar refractivity (Wildman–Crippen MR) is 83.2 cm³/mol. The number of fused-ring (bicyclic) bond motifs is 1. The van der Waals surface area contributed by atoms with Crippen LogP contribution in [0.5, 0.6) is 5.75 Å². The Bertz CT molecular complexity index is 901. The van der Waals surface area contributed by atoms with Crippen molar-refractivity contribution in [2.75, 3.05) is 0 Å². The number of aromatic hydroxyl groups is 1. The van der Waals surface area contributed by atoms with Crippen LogP contribution in [0.15, 0.2) is 36.4 Å². The average molecular weight is 310 g/mol. The number of aryl methyl sites for hydroxylation is 1. The Kier molecular flexibility index (Phi) is 3.76. The number of phenols is 1. The second-order valence-electron chi connectivity index (χ2n) is 5.12. The minimum Gasteiger partial charge on any atom is -0.505 e. The molecule has 0 unspecified atom stereocenters. The molecule has 1 heterocycles. The van der Waals surface area contributed by atoms with Crippen molar-refractivity contribution in [3.8, 4) is 11.4 Å². The van der Waals surface area contributed by atoms with Crippen molar-refractivity contribution in [2.45, 2.75) is 13.5 Å². The molecule has 0 aliphatic rings. The Morgan fingerprint density at radius 3 is 2.91 bits per heavy atom. The Balaban J connectivity index is 2.07. The van der Waals surface area contributed by atoms with Crippen LogP contribution in [-0.4, -0.2) is 32.3 Å². The number of aldehydes is 1. The fourth-order valence-corrected chi connectivity index (χ4v) is 2.40. The van der Waals surface area contributed by atoms with E-state index in [1.165, 1.54) is 0 Å². The van der Waals surface area contributed by atoms with Gasteiger partial charge in [-0.05, 0) is 30.7 Å². The lowest BCUT2D eigenvalue weighted by molar-refractivity contribution is -0.131. The second kappa shape index (κ2) is 5.88. The van der Waals surface area contributed by atoms with Crippen molar-refractivity contribution in [3.63, 3.8) is 0 Å². The lowest BCUT2D eigenvalue weighted by Gasteiger charge is -2.12. The third-order valence-electron chi connectivity index (χ3n) is 3.45. The number of hydrogen-bond acceptors (Lipinski definition) is 5. The first-order chi connectivity index (χ1) is 11.1. The summed E-state index contributed by atoms with van der Waals surface area (Å²) in [5.74, 6) is -0.754. The van der Waals surface area contributed by atoms with Gasteiger partial charge in [0.05, 0.1) is 5.52 Å². The predicted octanol–water partition coefficient (Wildman–Crippen LogP) is 1.25. The molecule has 0 radical (unpaired) electrons. The molecule has 1 aromatic heterocycles. The Hall–Kier alpha value is -3.22. The van der Waals surface area contributed by atoms with Crippen LogP contribution in [0, 0.1) is 6.92 Å². The molecule has 7 nitrogen and oxygen atoms in total. The molecule has 116 valence electrons. The quantitative estimate of drug-likeness (QED) is 0.558. The zero-order chi connectivity index (χ0) is 16.4. The maximum absolute atomic E-state index is 11.1. The summed E-state index contributed by atoms with van der Waals surface area (Å²) in [4.78, 5) is 21.5. The summed E-state index contributed by atoms with van der Waals surface area (Å²) in [5, 5.41) is 21.1. The molecule has 0 aliphatic heterocycles. The number of nitrogens with one attached hydrogen (secondary N) is 1. The largest absolute Gasteiger partial charge is 0.505 e. The van der Waals surface area contributed by atoms with Gasteiger partial charge in [0.25, 0.3) is 5.91 Å². The highest BCUT2D eigenvalue weighted by Gasteiger charge is 2.14. The lowest BCUT2D eigenvalue weighted by atomic mass is 10.1. The van der Waals surface area contributed by atoms with Gasteiger partial charge in [-0.2, -0.15) is 0 Å². The average Bonchev–Trinajstić information content (AvgIpc) is 2.98. The number of benzene rings is 2. The molecule has 0 saturated carbocycles. The minimum absolute atomic E-state index is 0.0162. The molecule has 1 amide bonds. The van der Waals surface area contributed by atoms with Crippen molar-refractivity contribution >= 4 is 23.2 Å². The lowest BCUT2D eigenvalue weighted by Crippen LogP contribution is -2.23. The van der Waals surface area contributed by atoms with Crippen molar-refractivity contribution in [2.24, 2.45) is 0 Å². The molecular weight excluding hydrogens is 296 g/mol. The molecule has 7 heteroatoms. The van der Waals surface area contributed by atoms with Gasteiger partial charge in [0, 0.05) is 12.1 Å². The SMILES string of the molecule is Cc1cc(CNC(=O)C=O)c(O)c(-n2nnc3ccccc32)c1. The van der Waals surface area contributed by atoms with E-state index in [0.29, 0.717) is 16.8 Å². The van der Waals surface area contributed by atoms with E-state index in [1.54, 1.807) is 16.8 Å². The van der Waals surface area contributed by atoms with E-state index < -0.39 is 5.91 Å². The molecule has 2 aromatic carbocycles. The van der Waals surface area contributed by atoms with Crippen LogP contribution in [0.25, 0.3) is 16.7 Å². The standard InChI is InChI=1S/C16H14N4O3/c1-10-6-11(8-17-15(22)9-21)16(23)14(7-10)20-13-5-3-2-4-12(13)18-19-20/h2-7,9,23H,8H2,1H3,(H,17,22). The number of carbonyl (C=O) groups excluding carboxylic acids is 2. The van der Waals surface area contributed by atoms with E-state index in [0.717, 1.165) is 11.1 Å². The van der Waals surface area contributed by atoms with Gasteiger partial charge < -0.3 is 10.4 Å². The summed E-state index contributed by atoms with van der Waals surface area (Å²) in [7, 11) is 0. The number of aromatic nitrogens is 3. The molecule has 0 aliphatic carbocycles. The summed E-state index contributed by atoms with van der Waals surface area (Å²) >= 11 is 0. The van der Waals surface area contributed by atoms with E-state index in [2.05, 4.69) is 15.6 Å². The van der Waals surface area contributed by atoms with Gasteiger partial charge >= 0.3 is 0 Å². The van der Waals surface area contributed by atoms with E-state index >= 15 is 0 Å². The fraction of sp³-hybridized carbons (Fsp3) is 0.125. The van der Waals surface area contributed by atoms with E-state index in [4.69, 9.17) is 0 Å². The van der Waals surface area contributed by atoms with Gasteiger partial charge in [-0.3, -0.25) is 9.59 Å². The fourth-order valence-electron chi connectivity index (χ4n) is 2.40. The van der Waals surface area contributed by atoms with Crippen molar-refractivity contribution in [3.05, 3.63) is 47.5 Å². The van der Waals surface area contributed by atoms with Crippen LogP contribution in [0.3, 0.4) is 0 Å². The zero-order valence-corrected chi connectivity index (χ0v) is 12.4. The first kappa shape index (κ1) is 14.7. The highest BCUT2D eigenvalue weighted by Crippen LogP contribution is 2.29. The van der Waals surface area contributed by atoms with Crippen LogP contribution in [0.1, 0.15) is 11.1 Å². The van der Waals surface area contributed by atoms with Gasteiger partial charge in [0.2, 0.25) is 6.29 Å². The third-order valence-corrected chi connectivity index (χ3v) is 3.45. The van der Waals surface area contributed by atoms with E-state index in [1.807, 2.05) is 31.2 Å². The highest BCUT2D eigenvalue weighted by atomic mass is 16.3. The Labute approximate surface area is 131 Å². The second-order valence-corrected chi connectivity index (χ2v) is 5.12. The van der Waals surface area contributed by atoms with Crippen LogP contribution in [-0.2, 0) is 16.1 Å². The van der Waals surface area contributed by atoms with Crippen LogP contribution in [0.2, 0.25) is 0 Å². The van der Waals surface area contributed by atoms with Crippen molar-refractivity contribution in [1.29, 1.82) is 0 Å². The number of phenolic OH excluding ortho intramolecular Hbond substituents is 1. The number of nitrogens with zero attached hydrogens (tertiary/aromatic N) is 3. The molecule has 3 aromatic rings. The normalized spacial score (nSPS) is 10.7. The summed E-state index contributed by atoms with van der Waals surface area (Å²) in [5.41, 5.74) is 3.32. The minimum atomic E-state index is -0.737. The van der Waals surface area contributed by atoms with Gasteiger partial charge in [-0.15, -0.1) is 5.10 Å². The Morgan fingerprint density at radius 2 is 2.13 bits per heavy atom.